The Balaban J connectivity index is 3.57. The molecule has 0 aliphatic carbocycles. The number of carbonyl (C=O) groups is 2. The minimum Gasteiger partial charge on any atom is -0.480 e. The van der Waals surface area contributed by atoms with Crippen molar-refractivity contribution in [3.8, 4) is 0 Å². The van der Waals surface area contributed by atoms with E-state index in [2.05, 4.69) is 10.0 Å². The Kier molecular flexibility index (Phi) is 6.96. The quantitative estimate of drug-likeness (QED) is 0.268. The molecule has 0 aromatic carbocycles. The molecule has 0 aliphatic heterocycles. The van der Waals surface area contributed by atoms with Gasteiger partial charge in [0.1, 0.15) is 11.8 Å². The number of Topliss-reactive ketones (excluding diaryl/α,β-unsaturated/α-hetero) is 1. The normalized spacial score (nSPS) is 11.5. The Bertz CT molecular complexity index is 273. The van der Waals surface area contributed by atoms with E-state index in [1.165, 1.54) is 0 Å². The highest BCUT2D eigenvalue weighted by atomic mass is 16.4. The van der Waals surface area contributed by atoms with Crippen molar-refractivity contribution in [2.45, 2.75) is 31.7 Å². The molecule has 15 heavy (non-hydrogen) atoms. The van der Waals surface area contributed by atoms with Gasteiger partial charge >= 0.3 is 5.97 Å². The largest absolute Gasteiger partial charge is 0.480 e. The first kappa shape index (κ1) is 13.4. The summed E-state index contributed by atoms with van der Waals surface area (Å²) in [7, 11) is 0. The molecule has 1 atom stereocenters. The predicted octanol–water partition coefficient (Wildman–Crippen LogP) is 0.838. The summed E-state index contributed by atoms with van der Waals surface area (Å²) in [5.41, 5.74) is 13.2. The highest BCUT2D eigenvalue weighted by Crippen LogP contribution is 2.01. The zero-order chi connectivity index (χ0) is 11.7. The highest BCUT2D eigenvalue weighted by molar-refractivity contribution is 5.80. The minimum atomic E-state index is -1.10. The van der Waals surface area contributed by atoms with Crippen LogP contribution in [0.1, 0.15) is 25.7 Å². The topological polar surface area (TPSA) is 129 Å². The third kappa shape index (κ3) is 7.48. The summed E-state index contributed by atoms with van der Waals surface area (Å²) in [5, 5.41) is 11.7. The summed E-state index contributed by atoms with van der Waals surface area (Å²) >= 11 is 0. The van der Waals surface area contributed by atoms with E-state index in [1.807, 2.05) is 0 Å². The number of hydrogen-bond acceptors (Lipinski definition) is 4. The Morgan fingerprint density at radius 2 is 2.13 bits per heavy atom. The second-order valence-corrected chi connectivity index (χ2v) is 3.08. The number of aliphatic carboxylic acids is 1. The van der Waals surface area contributed by atoms with Gasteiger partial charge in [-0.15, -0.1) is 0 Å². The summed E-state index contributed by atoms with van der Waals surface area (Å²) in [6.07, 6.45) is 1.09. The lowest BCUT2D eigenvalue weighted by atomic mass is 10.1. The van der Waals surface area contributed by atoms with E-state index in [0.29, 0.717) is 12.8 Å². The molecule has 0 spiro atoms. The first-order valence-corrected chi connectivity index (χ1v) is 4.59. The molecule has 0 aliphatic rings. The molecule has 3 N–H and O–H groups in total. The van der Waals surface area contributed by atoms with Gasteiger partial charge in [0, 0.05) is 24.3 Å². The van der Waals surface area contributed by atoms with Gasteiger partial charge in [0.25, 0.3) is 0 Å². The molecule has 0 amide bonds. The third-order valence-electron chi connectivity index (χ3n) is 1.83. The summed E-state index contributed by atoms with van der Waals surface area (Å²) in [4.78, 5) is 24.0. The number of azide groups is 1. The molecule has 0 fully saturated rings. The molecule has 0 aromatic rings. The Morgan fingerprint density at radius 1 is 1.47 bits per heavy atom. The minimum absolute atomic E-state index is 0.0557. The van der Waals surface area contributed by atoms with E-state index in [1.54, 1.807) is 0 Å². The smallest absolute Gasteiger partial charge is 0.320 e. The number of carbonyl (C=O) groups excluding carboxylic acids is 1. The summed E-state index contributed by atoms with van der Waals surface area (Å²) in [6.45, 7) is 0.285. The van der Waals surface area contributed by atoms with Crippen molar-refractivity contribution >= 4 is 11.8 Å². The molecule has 84 valence electrons. The lowest BCUT2D eigenvalue weighted by Crippen LogP contribution is -2.30. The van der Waals surface area contributed by atoms with Crippen molar-refractivity contribution in [1.29, 1.82) is 0 Å². The summed E-state index contributed by atoms with van der Waals surface area (Å²) in [5.74, 6) is -1.16. The SMILES string of the molecule is [N-]=[N+]=NCCCC(=O)CC[C@H](N)C(=O)O. The molecule has 0 aromatic heterocycles. The fourth-order valence-corrected chi connectivity index (χ4v) is 0.957. The number of rotatable bonds is 8. The molecular formula is C8H14N4O3. The molecule has 0 saturated carbocycles. The van der Waals surface area contributed by atoms with Crippen LogP contribution >= 0.6 is 0 Å². The second kappa shape index (κ2) is 7.78. The van der Waals surface area contributed by atoms with Crippen LogP contribution in [0.25, 0.3) is 10.4 Å². The van der Waals surface area contributed by atoms with Gasteiger partial charge in [-0.2, -0.15) is 0 Å². The Hall–Kier alpha value is -1.59. The van der Waals surface area contributed by atoms with Gasteiger partial charge in [-0.1, -0.05) is 5.11 Å². The van der Waals surface area contributed by atoms with Crippen LogP contribution in [0, 0.1) is 0 Å². The molecule has 0 rings (SSSR count). The maximum Gasteiger partial charge on any atom is 0.320 e. The van der Waals surface area contributed by atoms with Crippen LogP contribution in [0.5, 0.6) is 0 Å². The average molecular weight is 214 g/mol. The summed E-state index contributed by atoms with van der Waals surface area (Å²) in [6, 6.07) is -0.980. The van der Waals surface area contributed by atoms with Crippen LogP contribution < -0.4 is 5.73 Å². The van der Waals surface area contributed by atoms with E-state index >= 15 is 0 Å². The maximum absolute atomic E-state index is 11.1. The van der Waals surface area contributed by atoms with Gasteiger partial charge in [0.2, 0.25) is 0 Å². The molecule has 7 nitrogen and oxygen atoms in total. The van der Waals surface area contributed by atoms with E-state index in [9.17, 15) is 9.59 Å². The number of nitrogens with two attached hydrogens (primary N) is 1. The van der Waals surface area contributed by atoms with Gasteiger partial charge in [-0.25, -0.2) is 0 Å². The molecule has 0 unspecified atom stereocenters. The van der Waals surface area contributed by atoms with Crippen LogP contribution in [0.2, 0.25) is 0 Å². The number of ketones is 1. The van der Waals surface area contributed by atoms with Crippen LogP contribution in [-0.4, -0.2) is 29.4 Å². The molecule has 0 heterocycles. The zero-order valence-electron chi connectivity index (χ0n) is 8.30. The maximum atomic E-state index is 11.1. The van der Waals surface area contributed by atoms with Crippen LogP contribution in [0.3, 0.4) is 0 Å². The molecular weight excluding hydrogens is 200 g/mol. The van der Waals surface area contributed by atoms with Gasteiger partial charge < -0.3 is 10.8 Å². The van der Waals surface area contributed by atoms with E-state index < -0.39 is 12.0 Å². The fourth-order valence-electron chi connectivity index (χ4n) is 0.957. The van der Waals surface area contributed by atoms with E-state index in [4.69, 9.17) is 16.4 Å². The summed E-state index contributed by atoms with van der Waals surface area (Å²) < 4.78 is 0. The Morgan fingerprint density at radius 3 is 2.67 bits per heavy atom. The number of carboxylic acids is 1. The van der Waals surface area contributed by atoms with Crippen LogP contribution in [-0.2, 0) is 9.59 Å². The lowest BCUT2D eigenvalue weighted by Gasteiger charge is -2.04. The van der Waals surface area contributed by atoms with Crippen molar-refractivity contribution in [2.24, 2.45) is 10.8 Å². The van der Waals surface area contributed by atoms with Crippen molar-refractivity contribution in [3.63, 3.8) is 0 Å². The van der Waals surface area contributed by atoms with Gasteiger partial charge in [-0.3, -0.25) is 9.59 Å². The monoisotopic (exact) mass is 214 g/mol. The first-order valence-electron chi connectivity index (χ1n) is 4.59. The van der Waals surface area contributed by atoms with E-state index in [-0.39, 0.29) is 25.2 Å². The molecule has 0 radical (unpaired) electrons. The zero-order valence-corrected chi connectivity index (χ0v) is 8.30. The number of hydrogen-bond donors (Lipinski definition) is 2. The van der Waals surface area contributed by atoms with Crippen molar-refractivity contribution in [2.75, 3.05) is 6.54 Å². The predicted molar refractivity (Wildman–Crippen MR) is 53.1 cm³/mol. The second-order valence-electron chi connectivity index (χ2n) is 3.08. The lowest BCUT2D eigenvalue weighted by molar-refractivity contribution is -0.138. The Labute approximate surface area is 86.9 Å². The standard InChI is InChI=1S/C8H14N4O3/c9-7(8(14)15)4-3-6(13)2-1-5-11-12-10/h7H,1-5,9H2,(H,14,15)/t7-/m0/s1. The van der Waals surface area contributed by atoms with Crippen LogP contribution in [0.4, 0.5) is 0 Å². The third-order valence-corrected chi connectivity index (χ3v) is 1.83. The fraction of sp³-hybridized carbons (Fsp3) is 0.750. The molecule has 0 saturated heterocycles. The highest BCUT2D eigenvalue weighted by Gasteiger charge is 2.12. The van der Waals surface area contributed by atoms with Crippen molar-refractivity contribution < 1.29 is 14.7 Å². The number of nitrogens with zero attached hydrogens (tertiary/aromatic N) is 3. The average Bonchev–Trinajstić information content (AvgIpc) is 2.20. The van der Waals surface area contributed by atoms with Crippen molar-refractivity contribution in [3.05, 3.63) is 10.4 Å². The molecule has 7 heteroatoms. The first-order chi connectivity index (χ1) is 7.07. The van der Waals surface area contributed by atoms with Crippen LogP contribution in [0.15, 0.2) is 5.11 Å². The van der Waals surface area contributed by atoms with Crippen molar-refractivity contribution in [1.82, 2.24) is 0 Å². The van der Waals surface area contributed by atoms with Gasteiger partial charge in [-0.05, 0) is 18.4 Å². The van der Waals surface area contributed by atoms with Gasteiger partial charge in [0.15, 0.2) is 0 Å². The molecule has 0 bridgehead atoms. The number of carboxylic acid groups (broad SMARTS) is 1. The van der Waals surface area contributed by atoms with E-state index in [0.717, 1.165) is 0 Å². The van der Waals surface area contributed by atoms with Gasteiger partial charge in [0.05, 0.1) is 0 Å².